The lowest BCUT2D eigenvalue weighted by Crippen LogP contribution is -2.21. The van der Waals surface area contributed by atoms with Gasteiger partial charge in [0.25, 0.3) is 0 Å². The Morgan fingerprint density at radius 3 is 2.48 bits per heavy atom. The molecule has 0 saturated carbocycles. The molecular formula is C18H22FNO. The van der Waals surface area contributed by atoms with E-state index in [0.717, 1.165) is 29.7 Å². The van der Waals surface area contributed by atoms with Crippen LogP contribution in [0.25, 0.3) is 0 Å². The molecule has 0 aliphatic rings. The summed E-state index contributed by atoms with van der Waals surface area (Å²) in [4.78, 5) is 0. The van der Waals surface area contributed by atoms with Crippen molar-refractivity contribution >= 4 is 0 Å². The van der Waals surface area contributed by atoms with Gasteiger partial charge in [-0.1, -0.05) is 25.1 Å². The van der Waals surface area contributed by atoms with Crippen LogP contribution in [0, 0.1) is 12.7 Å². The molecule has 0 heterocycles. The van der Waals surface area contributed by atoms with Crippen LogP contribution < -0.4 is 10.5 Å². The maximum absolute atomic E-state index is 13.0. The zero-order chi connectivity index (χ0) is 15.2. The number of rotatable bonds is 6. The molecule has 0 radical (unpaired) electrons. The number of ether oxygens (including phenoxy) is 1. The lowest BCUT2D eigenvalue weighted by Gasteiger charge is -2.11. The van der Waals surface area contributed by atoms with Gasteiger partial charge in [-0.15, -0.1) is 0 Å². The van der Waals surface area contributed by atoms with E-state index in [4.69, 9.17) is 10.5 Å². The van der Waals surface area contributed by atoms with Crippen molar-refractivity contribution in [2.45, 2.75) is 39.3 Å². The summed E-state index contributed by atoms with van der Waals surface area (Å²) in [5.41, 5.74) is 9.06. The molecule has 0 saturated heterocycles. The van der Waals surface area contributed by atoms with Crippen molar-refractivity contribution in [3.63, 3.8) is 0 Å². The van der Waals surface area contributed by atoms with Gasteiger partial charge in [0.15, 0.2) is 0 Å². The van der Waals surface area contributed by atoms with Crippen LogP contribution in [0.5, 0.6) is 5.75 Å². The molecule has 0 bridgehead atoms. The van der Waals surface area contributed by atoms with Crippen LogP contribution in [0.2, 0.25) is 0 Å². The summed E-state index contributed by atoms with van der Waals surface area (Å²) in [6.07, 6.45) is 1.86. The van der Waals surface area contributed by atoms with Crippen LogP contribution in [0.3, 0.4) is 0 Å². The van der Waals surface area contributed by atoms with Crippen LogP contribution in [-0.2, 0) is 13.0 Å². The third kappa shape index (κ3) is 4.57. The molecule has 0 amide bonds. The molecule has 0 spiro atoms. The molecule has 1 atom stereocenters. The van der Waals surface area contributed by atoms with Crippen LogP contribution in [0.4, 0.5) is 4.39 Å². The Bertz CT molecular complexity index is 580. The van der Waals surface area contributed by atoms with Crippen molar-refractivity contribution < 1.29 is 9.13 Å². The normalized spacial score (nSPS) is 12.2. The smallest absolute Gasteiger partial charge is 0.123 e. The molecule has 3 heteroatoms. The Kier molecular flexibility index (Phi) is 5.34. The number of nitrogens with two attached hydrogens (primary N) is 1. The Morgan fingerprint density at radius 2 is 1.86 bits per heavy atom. The minimum absolute atomic E-state index is 0.207. The molecule has 0 fully saturated rings. The largest absolute Gasteiger partial charge is 0.489 e. The van der Waals surface area contributed by atoms with Gasteiger partial charge in [0.05, 0.1) is 0 Å². The Balaban J connectivity index is 1.94. The minimum Gasteiger partial charge on any atom is -0.489 e. The Hall–Kier alpha value is -1.87. The molecule has 112 valence electrons. The average Bonchev–Trinajstić information content (AvgIpc) is 2.48. The lowest BCUT2D eigenvalue weighted by atomic mass is 10.0. The first-order valence-electron chi connectivity index (χ1n) is 7.31. The third-order valence-electron chi connectivity index (χ3n) is 3.64. The highest BCUT2D eigenvalue weighted by atomic mass is 19.1. The van der Waals surface area contributed by atoms with Gasteiger partial charge >= 0.3 is 0 Å². The first-order valence-corrected chi connectivity index (χ1v) is 7.31. The summed E-state index contributed by atoms with van der Waals surface area (Å²) in [6, 6.07) is 12.9. The van der Waals surface area contributed by atoms with E-state index >= 15 is 0 Å². The van der Waals surface area contributed by atoms with E-state index in [-0.39, 0.29) is 11.9 Å². The molecule has 0 aromatic heterocycles. The monoisotopic (exact) mass is 287 g/mol. The van der Waals surface area contributed by atoms with Crippen LogP contribution >= 0.6 is 0 Å². The zero-order valence-corrected chi connectivity index (χ0v) is 12.6. The quantitative estimate of drug-likeness (QED) is 0.871. The maximum atomic E-state index is 13.0. The second-order valence-electron chi connectivity index (χ2n) is 5.38. The van der Waals surface area contributed by atoms with Gasteiger partial charge in [0, 0.05) is 6.04 Å². The summed E-state index contributed by atoms with van der Waals surface area (Å²) < 4.78 is 18.8. The Labute approximate surface area is 125 Å². The molecule has 2 aromatic rings. The van der Waals surface area contributed by atoms with Gasteiger partial charge in [-0.05, 0) is 60.7 Å². The summed E-state index contributed by atoms with van der Waals surface area (Å²) in [6.45, 7) is 4.42. The van der Waals surface area contributed by atoms with Gasteiger partial charge in [-0.2, -0.15) is 0 Å². The van der Waals surface area contributed by atoms with Crippen LogP contribution in [0.15, 0.2) is 42.5 Å². The van der Waals surface area contributed by atoms with Crippen LogP contribution in [0.1, 0.15) is 30.0 Å². The summed E-state index contributed by atoms with van der Waals surface area (Å²) in [7, 11) is 0. The highest BCUT2D eigenvalue weighted by Crippen LogP contribution is 2.17. The second kappa shape index (κ2) is 7.23. The lowest BCUT2D eigenvalue weighted by molar-refractivity contribution is 0.305. The highest BCUT2D eigenvalue weighted by molar-refractivity contribution is 5.30. The second-order valence-corrected chi connectivity index (χ2v) is 5.38. The molecule has 1 unspecified atom stereocenters. The van der Waals surface area contributed by atoms with Crippen LogP contribution in [-0.4, -0.2) is 6.04 Å². The average molecular weight is 287 g/mol. The molecule has 2 aromatic carbocycles. The summed E-state index contributed by atoms with van der Waals surface area (Å²) in [5, 5.41) is 0. The van der Waals surface area contributed by atoms with E-state index in [1.807, 2.05) is 31.2 Å². The van der Waals surface area contributed by atoms with Crippen molar-refractivity contribution in [2.75, 3.05) is 0 Å². The van der Waals surface area contributed by atoms with Gasteiger partial charge in [0.2, 0.25) is 0 Å². The maximum Gasteiger partial charge on any atom is 0.123 e. The van der Waals surface area contributed by atoms with Gasteiger partial charge < -0.3 is 10.5 Å². The van der Waals surface area contributed by atoms with E-state index in [0.29, 0.717) is 6.61 Å². The Morgan fingerprint density at radius 1 is 1.14 bits per heavy atom. The van der Waals surface area contributed by atoms with Gasteiger partial charge in [-0.25, -0.2) is 4.39 Å². The van der Waals surface area contributed by atoms with Crippen molar-refractivity contribution in [3.8, 4) is 5.75 Å². The fraction of sp³-hybridized carbons (Fsp3) is 0.333. The molecule has 2 nitrogen and oxygen atoms in total. The van der Waals surface area contributed by atoms with Crippen molar-refractivity contribution in [2.24, 2.45) is 5.73 Å². The number of hydrogen-bond donors (Lipinski definition) is 1. The van der Waals surface area contributed by atoms with Crippen molar-refractivity contribution in [1.82, 2.24) is 0 Å². The van der Waals surface area contributed by atoms with E-state index in [2.05, 4.69) is 6.92 Å². The number of hydrogen-bond acceptors (Lipinski definition) is 2. The predicted octanol–water partition coefficient (Wildman–Crippen LogP) is 3.99. The SMILES string of the molecule is CCC(N)Cc1ccc(OCc2ccc(F)cc2C)cc1. The molecule has 21 heavy (non-hydrogen) atoms. The first-order chi connectivity index (χ1) is 10.1. The number of aryl methyl sites for hydroxylation is 1. The topological polar surface area (TPSA) is 35.2 Å². The molecule has 0 aliphatic heterocycles. The van der Waals surface area contributed by atoms with E-state index in [9.17, 15) is 4.39 Å². The zero-order valence-electron chi connectivity index (χ0n) is 12.6. The number of halogens is 1. The first kappa shape index (κ1) is 15.5. The fourth-order valence-electron chi connectivity index (χ4n) is 2.15. The van der Waals surface area contributed by atoms with E-state index < -0.39 is 0 Å². The fourth-order valence-corrected chi connectivity index (χ4v) is 2.15. The van der Waals surface area contributed by atoms with E-state index in [1.165, 1.54) is 17.7 Å². The predicted molar refractivity (Wildman–Crippen MR) is 83.9 cm³/mol. The molecule has 0 aliphatic carbocycles. The standard InChI is InChI=1S/C18H22FNO/c1-3-17(20)11-14-4-8-18(9-5-14)21-12-15-6-7-16(19)10-13(15)2/h4-10,17H,3,11-12,20H2,1-2H3. The third-order valence-corrected chi connectivity index (χ3v) is 3.64. The molecule has 2 rings (SSSR count). The van der Waals surface area contributed by atoms with E-state index in [1.54, 1.807) is 6.07 Å². The van der Waals surface area contributed by atoms with Crippen molar-refractivity contribution in [1.29, 1.82) is 0 Å². The van der Waals surface area contributed by atoms with Crippen molar-refractivity contribution in [3.05, 3.63) is 65.0 Å². The summed E-state index contributed by atoms with van der Waals surface area (Å²) >= 11 is 0. The van der Waals surface area contributed by atoms with Gasteiger partial charge in [-0.3, -0.25) is 0 Å². The molecular weight excluding hydrogens is 265 g/mol. The molecule has 2 N–H and O–H groups in total. The minimum atomic E-state index is -0.215. The highest BCUT2D eigenvalue weighted by Gasteiger charge is 2.03. The number of benzene rings is 2. The van der Waals surface area contributed by atoms with Gasteiger partial charge in [0.1, 0.15) is 18.2 Å². The summed E-state index contributed by atoms with van der Waals surface area (Å²) in [5.74, 6) is 0.598.